The van der Waals surface area contributed by atoms with E-state index in [9.17, 15) is 4.79 Å². The highest BCUT2D eigenvalue weighted by molar-refractivity contribution is 5.94. The van der Waals surface area contributed by atoms with Gasteiger partial charge in [-0.25, -0.2) is 4.98 Å². The van der Waals surface area contributed by atoms with Crippen molar-refractivity contribution >= 4 is 11.7 Å². The summed E-state index contributed by atoms with van der Waals surface area (Å²) >= 11 is 0. The molecule has 0 aliphatic carbocycles. The van der Waals surface area contributed by atoms with Crippen LogP contribution in [0.2, 0.25) is 0 Å². The monoisotopic (exact) mass is 277 g/mol. The van der Waals surface area contributed by atoms with Gasteiger partial charge in [0.1, 0.15) is 5.82 Å². The summed E-state index contributed by atoms with van der Waals surface area (Å²) in [5, 5.41) is 3.15. The molecule has 20 heavy (non-hydrogen) atoms. The summed E-state index contributed by atoms with van der Waals surface area (Å²) in [5.41, 5.74) is 0.725. The molecule has 0 fully saturated rings. The van der Waals surface area contributed by atoms with Gasteiger partial charge in [0.2, 0.25) is 0 Å². The highest BCUT2D eigenvalue weighted by Crippen LogP contribution is 2.11. The quantitative estimate of drug-likeness (QED) is 0.750. The molecule has 1 heterocycles. The van der Waals surface area contributed by atoms with Gasteiger partial charge in [-0.1, -0.05) is 26.7 Å². The lowest BCUT2D eigenvalue weighted by Crippen LogP contribution is -2.33. The van der Waals surface area contributed by atoms with Crippen LogP contribution in [0.5, 0.6) is 0 Å². The van der Waals surface area contributed by atoms with Crippen LogP contribution in [-0.2, 0) is 0 Å². The maximum atomic E-state index is 12.6. The number of nitrogens with one attached hydrogen (secondary N) is 1. The highest BCUT2D eigenvalue weighted by atomic mass is 16.2. The molecular weight excluding hydrogens is 250 g/mol. The minimum absolute atomic E-state index is 0.119. The van der Waals surface area contributed by atoms with Crippen molar-refractivity contribution in [2.75, 3.05) is 25.0 Å². The number of pyridine rings is 1. The number of carbonyl (C=O) groups excluding carboxylic acids is 1. The maximum absolute atomic E-state index is 12.6. The molecule has 4 nitrogen and oxygen atoms in total. The van der Waals surface area contributed by atoms with Gasteiger partial charge in [0.25, 0.3) is 5.91 Å². The maximum Gasteiger partial charge on any atom is 0.254 e. The molecule has 0 bridgehead atoms. The van der Waals surface area contributed by atoms with E-state index in [1.165, 1.54) is 0 Å². The van der Waals surface area contributed by atoms with Crippen LogP contribution in [0, 0.1) is 0 Å². The lowest BCUT2D eigenvalue weighted by molar-refractivity contribution is 0.0751. The molecule has 0 saturated carbocycles. The molecule has 0 radical (unpaired) electrons. The largest absolute Gasteiger partial charge is 0.370 e. The third-order valence-electron chi connectivity index (χ3n) is 3.22. The number of rotatable bonds is 9. The second-order valence-electron chi connectivity index (χ2n) is 4.96. The second-order valence-corrected chi connectivity index (χ2v) is 4.96. The normalized spacial score (nSPS) is 10.3. The number of unbranched alkanes of at least 4 members (excludes halogenated alkanes) is 2. The van der Waals surface area contributed by atoms with Crippen LogP contribution in [-0.4, -0.2) is 35.4 Å². The Bertz CT molecular complexity index is 398. The average molecular weight is 277 g/mol. The van der Waals surface area contributed by atoms with Gasteiger partial charge in [-0.05, 0) is 31.9 Å². The number of hydrogen-bond donors (Lipinski definition) is 1. The minimum atomic E-state index is 0.119. The Morgan fingerprint density at radius 3 is 2.40 bits per heavy atom. The lowest BCUT2D eigenvalue weighted by Gasteiger charge is -2.22. The summed E-state index contributed by atoms with van der Waals surface area (Å²) in [5.74, 6) is 0.887. The van der Waals surface area contributed by atoms with Gasteiger partial charge < -0.3 is 10.2 Å². The van der Waals surface area contributed by atoms with Crippen LogP contribution in [0.25, 0.3) is 0 Å². The Balaban J connectivity index is 2.78. The highest BCUT2D eigenvalue weighted by Gasteiger charge is 2.15. The van der Waals surface area contributed by atoms with Crippen LogP contribution in [0.3, 0.4) is 0 Å². The molecule has 1 amide bonds. The molecule has 0 unspecified atom stereocenters. The molecular formula is C16H27N3O. The first-order valence-corrected chi connectivity index (χ1v) is 7.72. The fourth-order valence-electron chi connectivity index (χ4n) is 2.04. The van der Waals surface area contributed by atoms with E-state index in [1.54, 1.807) is 12.3 Å². The fourth-order valence-corrected chi connectivity index (χ4v) is 2.04. The van der Waals surface area contributed by atoms with Crippen LogP contribution < -0.4 is 5.32 Å². The number of anilines is 1. The van der Waals surface area contributed by atoms with Crippen LogP contribution in [0.1, 0.15) is 56.8 Å². The van der Waals surface area contributed by atoms with Crippen molar-refractivity contribution in [1.82, 2.24) is 9.88 Å². The SMILES string of the molecule is CCCCN(CCCC)C(=O)c1ccnc(NCC)c1. The topological polar surface area (TPSA) is 45.2 Å². The van der Waals surface area contributed by atoms with Gasteiger partial charge in [-0.15, -0.1) is 0 Å². The van der Waals surface area contributed by atoms with Crippen molar-refractivity contribution in [3.8, 4) is 0 Å². The molecule has 0 spiro atoms. The first kappa shape index (κ1) is 16.5. The Hall–Kier alpha value is -1.58. The Kier molecular flexibility index (Phi) is 7.70. The van der Waals surface area contributed by atoms with E-state index in [1.807, 2.05) is 17.9 Å². The van der Waals surface area contributed by atoms with Gasteiger partial charge in [0, 0.05) is 31.4 Å². The van der Waals surface area contributed by atoms with Gasteiger partial charge in [-0.3, -0.25) is 4.79 Å². The zero-order valence-electron chi connectivity index (χ0n) is 13.0. The molecule has 1 aromatic rings. The molecule has 0 saturated heterocycles. The second kappa shape index (κ2) is 9.34. The average Bonchev–Trinajstić information content (AvgIpc) is 2.47. The smallest absolute Gasteiger partial charge is 0.254 e. The molecule has 4 heteroatoms. The van der Waals surface area contributed by atoms with Crippen LogP contribution in [0.4, 0.5) is 5.82 Å². The van der Waals surface area contributed by atoms with Gasteiger partial charge in [-0.2, -0.15) is 0 Å². The molecule has 0 atom stereocenters. The summed E-state index contributed by atoms with van der Waals surface area (Å²) < 4.78 is 0. The molecule has 112 valence electrons. The van der Waals surface area contributed by atoms with E-state index >= 15 is 0 Å². The lowest BCUT2D eigenvalue weighted by atomic mass is 10.2. The van der Waals surface area contributed by atoms with Gasteiger partial charge in [0.05, 0.1) is 0 Å². The zero-order chi connectivity index (χ0) is 14.8. The summed E-state index contributed by atoms with van der Waals surface area (Å²) in [6, 6.07) is 3.64. The summed E-state index contributed by atoms with van der Waals surface area (Å²) in [4.78, 5) is 18.8. The van der Waals surface area contributed by atoms with Crippen LogP contribution in [0.15, 0.2) is 18.3 Å². The number of amides is 1. The van der Waals surface area contributed by atoms with E-state index in [4.69, 9.17) is 0 Å². The van der Waals surface area contributed by atoms with Crippen LogP contribution >= 0.6 is 0 Å². The van der Waals surface area contributed by atoms with E-state index < -0.39 is 0 Å². The molecule has 1 N–H and O–H groups in total. The molecule has 0 aliphatic rings. The third-order valence-corrected chi connectivity index (χ3v) is 3.22. The zero-order valence-corrected chi connectivity index (χ0v) is 13.0. The first-order valence-electron chi connectivity index (χ1n) is 7.72. The van der Waals surface area contributed by atoms with E-state index in [0.717, 1.165) is 56.7 Å². The van der Waals surface area contributed by atoms with Gasteiger partial charge in [0.15, 0.2) is 0 Å². The molecule has 0 aliphatic heterocycles. The van der Waals surface area contributed by atoms with Crippen molar-refractivity contribution in [3.05, 3.63) is 23.9 Å². The summed E-state index contributed by atoms with van der Waals surface area (Å²) in [7, 11) is 0. The number of carbonyl (C=O) groups is 1. The van der Waals surface area contributed by atoms with Crippen molar-refractivity contribution in [1.29, 1.82) is 0 Å². The van der Waals surface area contributed by atoms with Gasteiger partial charge >= 0.3 is 0 Å². The number of hydrogen-bond acceptors (Lipinski definition) is 3. The standard InChI is InChI=1S/C16H27N3O/c1-4-7-11-19(12-8-5-2)16(20)14-9-10-18-15(13-14)17-6-3/h9-10,13H,4-8,11-12H2,1-3H3,(H,17,18). The molecule has 0 aromatic carbocycles. The Morgan fingerprint density at radius 1 is 1.20 bits per heavy atom. The number of nitrogens with zero attached hydrogens (tertiary/aromatic N) is 2. The third kappa shape index (κ3) is 5.19. The Morgan fingerprint density at radius 2 is 1.85 bits per heavy atom. The van der Waals surface area contributed by atoms with Crippen molar-refractivity contribution in [2.24, 2.45) is 0 Å². The predicted molar refractivity (Wildman–Crippen MR) is 84.1 cm³/mol. The van der Waals surface area contributed by atoms with E-state index in [0.29, 0.717) is 0 Å². The summed E-state index contributed by atoms with van der Waals surface area (Å²) in [6.45, 7) is 8.81. The Labute approximate surface area is 122 Å². The molecule has 1 aromatic heterocycles. The van der Waals surface area contributed by atoms with E-state index in [-0.39, 0.29) is 5.91 Å². The fraction of sp³-hybridized carbons (Fsp3) is 0.625. The number of aromatic nitrogens is 1. The van der Waals surface area contributed by atoms with Crippen molar-refractivity contribution in [2.45, 2.75) is 46.5 Å². The van der Waals surface area contributed by atoms with E-state index in [2.05, 4.69) is 24.1 Å². The molecule has 1 rings (SSSR count). The first-order chi connectivity index (χ1) is 9.72. The predicted octanol–water partition coefficient (Wildman–Crippen LogP) is 3.56. The summed E-state index contributed by atoms with van der Waals surface area (Å²) in [6.07, 6.45) is 6.02. The van der Waals surface area contributed by atoms with Crippen molar-refractivity contribution < 1.29 is 4.79 Å². The van der Waals surface area contributed by atoms with Crippen molar-refractivity contribution in [3.63, 3.8) is 0 Å². The minimum Gasteiger partial charge on any atom is -0.370 e.